The van der Waals surface area contributed by atoms with Gasteiger partial charge in [-0.15, -0.1) is 0 Å². The van der Waals surface area contributed by atoms with Crippen LogP contribution >= 0.6 is 0 Å². The third-order valence-corrected chi connectivity index (χ3v) is 2.98. The number of morpholine rings is 1. The first-order chi connectivity index (χ1) is 6.38. The normalized spacial score (nSPS) is 30.6. The Morgan fingerprint density at radius 3 is 3.15 bits per heavy atom. The number of nitrogens with zero attached hydrogens (tertiary/aromatic N) is 1. The van der Waals surface area contributed by atoms with Crippen molar-refractivity contribution in [3.63, 3.8) is 0 Å². The Morgan fingerprint density at radius 2 is 2.23 bits per heavy atom. The third kappa shape index (κ3) is 2.02. The Bertz CT molecular complexity index is 193. The SMILES string of the molecule is O=C1CCCCCC2COCCN12. The summed E-state index contributed by atoms with van der Waals surface area (Å²) in [5.41, 5.74) is 0. The van der Waals surface area contributed by atoms with Crippen molar-refractivity contribution in [3.05, 3.63) is 0 Å². The molecule has 3 nitrogen and oxygen atoms in total. The van der Waals surface area contributed by atoms with Gasteiger partial charge in [-0.2, -0.15) is 0 Å². The molecule has 0 bridgehead atoms. The molecule has 0 spiro atoms. The lowest BCUT2D eigenvalue weighted by atomic mass is 10.0. The molecular formula is C10H17NO2. The molecule has 2 aliphatic heterocycles. The zero-order chi connectivity index (χ0) is 9.10. The molecule has 0 aliphatic carbocycles. The minimum absolute atomic E-state index is 0.341. The second kappa shape index (κ2) is 4.09. The number of amides is 1. The second-order valence-electron chi connectivity index (χ2n) is 3.92. The van der Waals surface area contributed by atoms with Crippen LogP contribution in [0.25, 0.3) is 0 Å². The summed E-state index contributed by atoms with van der Waals surface area (Å²) in [6, 6.07) is 0.376. The molecule has 1 unspecified atom stereocenters. The molecule has 0 aromatic carbocycles. The summed E-state index contributed by atoms with van der Waals surface area (Å²) in [7, 11) is 0. The molecule has 2 fully saturated rings. The molecule has 0 saturated carbocycles. The Kier molecular flexibility index (Phi) is 2.83. The van der Waals surface area contributed by atoms with Gasteiger partial charge in [0.15, 0.2) is 0 Å². The maximum absolute atomic E-state index is 11.7. The van der Waals surface area contributed by atoms with Crippen LogP contribution in [-0.2, 0) is 9.53 Å². The largest absolute Gasteiger partial charge is 0.377 e. The van der Waals surface area contributed by atoms with E-state index in [1.807, 2.05) is 4.90 Å². The molecule has 0 radical (unpaired) electrons. The van der Waals surface area contributed by atoms with E-state index in [-0.39, 0.29) is 0 Å². The predicted molar refractivity (Wildman–Crippen MR) is 49.4 cm³/mol. The van der Waals surface area contributed by atoms with Gasteiger partial charge in [-0.25, -0.2) is 0 Å². The minimum Gasteiger partial charge on any atom is -0.377 e. The summed E-state index contributed by atoms with van der Waals surface area (Å²) in [4.78, 5) is 13.7. The van der Waals surface area contributed by atoms with E-state index < -0.39 is 0 Å². The van der Waals surface area contributed by atoms with Crippen LogP contribution in [0.5, 0.6) is 0 Å². The van der Waals surface area contributed by atoms with Gasteiger partial charge >= 0.3 is 0 Å². The van der Waals surface area contributed by atoms with Crippen LogP contribution in [0.3, 0.4) is 0 Å². The summed E-state index contributed by atoms with van der Waals surface area (Å²) in [6.45, 7) is 2.29. The molecule has 2 rings (SSSR count). The summed E-state index contributed by atoms with van der Waals surface area (Å²) in [5.74, 6) is 0.341. The van der Waals surface area contributed by atoms with Crippen molar-refractivity contribution in [1.29, 1.82) is 0 Å². The summed E-state index contributed by atoms with van der Waals surface area (Å²) >= 11 is 0. The van der Waals surface area contributed by atoms with Gasteiger partial charge in [-0.05, 0) is 12.8 Å². The quantitative estimate of drug-likeness (QED) is 0.564. The highest BCUT2D eigenvalue weighted by atomic mass is 16.5. The summed E-state index contributed by atoms with van der Waals surface area (Å²) in [5, 5.41) is 0. The first-order valence-electron chi connectivity index (χ1n) is 5.25. The molecule has 1 amide bonds. The molecule has 13 heavy (non-hydrogen) atoms. The van der Waals surface area contributed by atoms with Crippen molar-refractivity contribution in [2.24, 2.45) is 0 Å². The molecule has 2 aliphatic rings. The van der Waals surface area contributed by atoms with Crippen LogP contribution in [0.2, 0.25) is 0 Å². The molecule has 0 aromatic heterocycles. The fraction of sp³-hybridized carbons (Fsp3) is 0.900. The molecule has 2 saturated heterocycles. The fourth-order valence-corrected chi connectivity index (χ4v) is 2.20. The van der Waals surface area contributed by atoms with Crippen molar-refractivity contribution >= 4 is 5.91 Å². The Labute approximate surface area is 79.0 Å². The maximum atomic E-state index is 11.7. The smallest absolute Gasteiger partial charge is 0.222 e. The lowest BCUT2D eigenvalue weighted by molar-refractivity contribution is -0.141. The molecular weight excluding hydrogens is 166 g/mol. The average molecular weight is 183 g/mol. The minimum atomic E-state index is 0.341. The van der Waals surface area contributed by atoms with Crippen molar-refractivity contribution < 1.29 is 9.53 Å². The van der Waals surface area contributed by atoms with E-state index in [9.17, 15) is 4.79 Å². The highest BCUT2D eigenvalue weighted by molar-refractivity contribution is 5.76. The lowest BCUT2D eigenvalue weighted by Crippen LogP contribution is -2.49. The highest BCUT2D eigenvalue weighted by Gasteiger charge is 2.27. The number of fused-ring (bicyclic) bond motifs is 1. The zero-order valence-electron chi connectivity index (χ0n) is 8.00. The van der Waals surface area contributed by atoms with Gasteiger partial charge in [0, 0.05) is 13.0 Å². The molecule has 3 heteroatoms. The van der Waals surface area contributed by atoms with E-state index in [1.165, 1.54) is 12.8 Å². The van der Waals surface area contributed by atoms with Gasteiger partial charge in [0.2, 0.25) is 5.91 Å². The summed E-state index contributed by atoms with van der Waals surface area (Å²) in [6.07, 6.45) is 5.40. The van der Waals surface area contributed by atoms with E-state index in [4.69, 9.17) is 4.74 Å². The Balaban J connectivity index is 2.02. The van der Waals surface area contributed by atoms with E-state index in [0.717, 1.165) is 39.0 Å². The molecule has 2 heterocycles. The monoisotopic (exact) mass is 183 g/mol. The van der Waals surface area contributed by atoms with Crippen LogP contribution < -0.4 is 0 Å². The number of carbonyl (C=O) groups is 1. The zero-order valence-corrected chi connectivity index (χ0v) is 8.00. The van der Waals surface area contributed by atoms with Crippen LogP contribution in [0.1, 0.15) is 32.1 Å². The predicted octanol–water partition coefficient (Wildman–Crippen LogP) is 1.18. The molecule has 1 atom stereocenters. The van der Waals surface area contributed by atoms with E-state index in [2.05, 4.69) is 0 Å². The highest BCUT2D eigenvalue weighted by Crippen LogP contribution is 2.19. The van der Waals surface area contributed by atoms with Crippen molar-refractivity contribution in [2.75, 3.05) is 19.8 Å². The van der Waals surface area contributed by atoms with Crippen molar-refractivity contribution in [1.82, 2.24) is 4.90 Å². The second-order valence-corrected chi connectivity index (χ2v) is 3.92. The number of hydrogen-bond donors (Lipinski definition) is 0. The van der Waals surface area contributed by atoms with Crippen molar-refractivity contribution in [2.45, 2.75) is 38.1 Å². The maximum Gasteiger partial charge on any atom is 0.222 e. The van der Waals surface area contributed by atoms with Gasteiger partial charge < -0.3 is 9.64 Å². The van der Waals surface area contributed by atoms with Crippen LogP contribution in [-0.4, -0.2) is 36.6 Å². The topological polar surface area (TPSA) is 29.5 Å². The van der Waals surface area contributed by atoms with Gasteiger partial charge in [-0.3, -0.25) is 4.79 Å². The van der Waals surface area contributed by atoms with Crippen molar-refractivity contribution in [3.8, 4) is 0 Å². The number of rotatable bonds is 0. The molecule has 0 aromatic rings. The van der Waals surface area contributed by atoms with Crippen LogP contribution in [0.15, 0.2) is 0 Å². The van der Waals surface area contributed by atoms with Gasteiger partial charge in [-0.1, -0.05) is 12.8 Å². The van der Waals surface area contributed by atoms with Crippen LogP contribution in [0, 0.1) is 0 Å². The molecule has 74 valence electrons. The first kappa shape index (κ1) is 9.00. The Morgan fingerprint density at radius 1 is 1.31 bits per heavy atom. The Hall–Kier alpha value is -0.570. The fourth-order valence-electron chi connectivity index (χ4n) is 2.20. The summed E-state index contributed by atoms with van der Waals surface area (Å²) < 4.78 is 5.39. The lowest BCUT2D eigenvalue weighted by Gasteiger charge is -2.37. The van der Waals surface area contributed by atoms with E-state index >= 15 is 0 Å². The standard InChI is InChI=1S/C10H17NO2/c12-10-5-3-1-2-4-9-8-13-7-6-11(9)10/h9H,1-8H2. The third-order valence-electron chi connectivity index (χ3n) is 2.98. The number of carbonyl (C=O) groups excluding carboxylic acids is 1. The van der Waals surface area contributed by atoms with Gasteiger partial charge in [0.25, 0.3) is 0 Å². The number of hydrogen-bond acceptors (Lipinski definition) is 2. The van der Waals surface area contributed by atoms with E-state index in [1.54, 1.807) is 0 Å². The van der Waals surface area contributed by atoms with E-state index in [0.29, 0.717) is 11.9 Å². The van der Waals surface area contributed by atoms with Crippen LogP contribution in [0.4, 0.5) is 0 Å². The van der Waals surface area contributed by atoms with Gasteiger partial charge in [0.1, 0.15) is 0 Å². The van der Waals surface area contributed by atoms with Gasteiger partial charge in [0.05, 0.1) is 19.3 Å². The number of ether oxygens (including phenoxy) is 1. The first-order valence-corrected chi connectivity index (χ1v) is 5.25. The molecule has 0 N–H and O–H groups in total. The average Bonchev–Trinajstić information content (AvgIpc) is 2.14.